The molecular weight excluding hydrogens is 262 g/mol. The molecule has 0 N–H and O–H groups in total. The summed E-state index contributed by atoms with van der Waals surface area (Å²) in [7, 11) is 0. The zero-order chi connectivity index (χ0) is 14.4. The van der Waals surface area contributed by atoms with Gasteiger partial charge in [0, 0.05) is 11.4 Å². The minimum Gasteiger partial charge on any atom is -0.465 e. The van der Waals surface area contributed by atoms with Gasteiger partial charge in [0.25, 0.3) is 5.91 Å². The van der Waals surface area contributed by atoms with Crippen LogP contribution in [0.4, 0.5) is 0 Å². The number of aryl methyl sites for hydroxylation is 2. The molecule has 0 spiro atoms. The van der Waals surface area contributed by atoms with Crippen molar-refractivity contribution in [2.75, 3.05) is 19.7 Å². The third-order valence-corrected chi connectivity index (χ3v) is 3.78. The zero-order valence-corrected chi connectivity index (χ0v) is 12.4. The van der Waals surface area contributed by atoms with Crippen molar-refractivity contribution in [2.45, 2.75) is 20.8 Å². The number of carbonyl (C=O) groups is 2. The van der Waals surface area contributed by atoms with Crippen LogP contribution in [-0.2, 0) is 9.53 Å². The number of hydrogen-bond donors (Lipinski definition) is 0. The van der Waals surface area contributed by atoms with Crippen molar-refractivity contribution in [3.63, 3.8) is 0 Å². The van der Waals surface area contributed by atoms with Crippen LogP contribution in [0.2, 0.25) is 0 Å². The summed E-state index contributed by atoms with van der Waals surface area (Å²) in [6, 6.07) is 1.85. The molecular formula is C14H19NO3S. The standard InChI is InChI=1S/C14H19NO3S/c1-5-7-15(9-13(16)18-6-2)14(17)12-8-10(3)11(4)19-12/h5,8H,1,6-7,9H2,2-4H3. The first-order chi connectivity index (χ1) is 8.99. The molecule has 1 aromatic heterocycles. The van der Waals surface area contributed by atoms with Crippen LogP contribution in [0.15, 0.2) is 18.7 Å². The molecule has 4 nitrogen and oxygen atoms in total. The summed E-state index contributed by atoms with van der Waals surface area (Å²) in [4.78, 5) is 27.0. The Bertz CT molecular complexity index is 460. The average molecular weight is 281 g/mol. The largest absolute Gasteiger partial charge is 0.465 e. The summed E-state index contributed by atoms with van der Waals surface area (Å²) in [6.45, 7) is 9.88. The van der Waals surface area contributed by atoms with E-state index in [-0.39, 0.29) is 12.5 Å². The molecule has 0 fully saturated rings. The van der Waals surface area contributed by atoms with Gasteiger partial charge < -0.3 is 9.64 Å². The van der Waals surface area contributed by atoms with Crippen molar-refractivity contribution in [3.8, 4) is 0 Å². The molecule has 19 heavy (non-hydrogen) atoms. The lowest BCUT2D eigenvalue weighted by molar-refractivity contribution is -0.143. The maximum atomic E-state index is 12.3. The topological polar surface area (TPSA) is 46.6 Å². The molecule has 104 valence electrons. The van der Waals surface area contributed by atoms with Gasteiger partial charge in [-0.05, 0) is 32.4 Å². The van der Waals surface area contributed by atoms with Crippen LogP contribution in [-0.4, -0.2) is 36.5 Å². The van der Waals surface area contributed by atoms with Crippen LogP contribution in [0.5, 0.6) is 0 Å². The fourth-order valence-electron chi connectivity index (χ4n) is 1.57. The quantitative estimate of drug-likeness (QED) is 0.594. The van der Waals surface area contributed by atoms with Gasteiger partial charge in [-0.1, -0.05) is 6.08 Å². The Kier molecular flexibility index (Phi) is 5.76. The van der Waals surface area contributed by atoms with Crippen LogP contribution in [0.25, 0.3) is 0 Å². The molecule has 0 aliphatic rings. The molecule has 1 aromatic rings. The number of carbonyl (C=O) groups excluding carboxylic acids is 2. The van der Waals surface area contributed by atoms with Crippen molar-refractivity contribution in [1.29, 1.82) is 0 Å². The Morgan fingerprint density at radius 3 is 2.63 bits per heavy atom. The zero-order valence-electron chi connectivity index (χ0n) is 11.6. The van der Waals surface area contributed by atoms with E-state index >= 15 is 0 Å². The van der Waals surface area contributed by atoms with E-state index in [1.54, 1.807) is 13.0 Å². The number of thiophene rings is 1. The first kappa shape index (κ1) is 15.4. The second-order valence-corrected chi connectivity index (χ2v) is 5.39. The molecule has 0 radical (unpaired) electrons. The fourth-order valence-corrected chi connectivity index (χ4v) is 2.57. The summed E-state index contributed by atoms with van der Waals surface area (Å²) in [5.41, 5.74) is 1.09. The van der Waals surface area contributed by atoms with Gasteiger partial charge in [-0.3, -0.25) is 9.59 Å². The summed E-state index contributed by atoms with van der Waals surface area (Å²) in [5, 5.41) is 0. The SMILES string of the molecule is C=CCN(CC(=O)OCC)C(=O)c1cc(C)c(C)s1. The van der Waals surface area contributed by atoms with E-state index in [2.05, 4.69) is 6.58 Å². The van der Waals surface area contributed by atoms with Crippen LogP contribution >= 0.6 is 11.3 Å². The van der Waals surface area contributed by atoms with Gasteiger partial charge in [0.15, 0.2) is 0 Å². The second-order valence-electron chi connectivity index (χ2n) is 4.13. The lowest BCUT2D eigenvalue weighted by Crippen LogP contribution is -2.36. The summed E-state index contributed by atoms with van der Waals surface area (Å²) in [6.07, 6.45) is 1.60. The van der Waals surface area contributed by atoms with Gasteiger partial charge in [-0.25, -0.2) is 0 Å². The highest BCUT2D eigenvalue weighted by atomic mass is 32.1. The molecule has 0 aliphatic heterocycles. The van der Waals surface area contributed by atoms with E-state index in [0.717, 1.165) is 10.4 Å². The molecule has 0 aliphatic carbocycles. The van der Waals surface area contributed by atoms with Crippen LogP contribution in [0.3, 0.4) is 0 Å². The molecule has 0 bridgehead atoms. The molecule has 1 amide bonds. The van der Waals surface area contributed by atoms with Crippen LogP contribution in [0, 0.1) is 13.8 Å². The van der Waals surface area contributed by atoms with Crippen LogP contribution < -0.4 is 0 Å². The minimum atomic E-state index is -0.400. The average Bonchev–Trinajstić information content (AvgIpc) is 2.68. The summed E-state index contributed by atoms with van der Waals surface area (Å²) < 4.78 is 4.87. The van der Waals surface area contributed by atoms with E-state index in [9.17, 15) is 9.59 Å². The third kappa shape index (κ3) is 4.21. The summed E-state index contributed by atoms with van der Waals surface area (Å²) >= 11 is 1.44. The Labute approximate surface area is 117 Å². The summed E-state index contributed by atoms with van der Waals surface area (Å²) in [5.74, 6) is -0.558. The maximum Gasteiger partial charge on any atom is 0.325 e. The first-order valence-corrected chi connectivity index (χ1v) is 6.94. The van der Waals surface area contributed by atoms with E-state index in [1.807, 2.05) is 19.9 Å². The number of rotatable bonds is 6. The van der Waals surface area contributed by atoms with E-state index in [4.69, 9.17) is 4.74 Å². The maximum absolute atomic E-state index is 12.3. The molecule has 0 saturated carbocycles. The van der Waals surface area contributed by atoms with Crippen molar-refractivity contribution in [1.82, 2.24) is 4.90 Å². The van der Waals surface area contributed by atoms with Crippen molar-refractivity contribution >= 4 is 23.2 Å². The van der Waals surface area contributed by atoms with Crippen molar-refractivity contribution in [3.05, 3.63) is 34.0 Å². The fraction of sp³-hybridized carbons (Fsp3) is 0.429. The highest BCUT2D eigenvalue weighted by Crippen LogP contribution is 2.22. The predicted octanol–water partition coefficient (Wildman–Crippen LogP) is 2.56. The molecule has 1 rings (SSSR count). The van der Waals surface area contributed by atoms with E-state index in [1.165, 1.54) is 16.2 Å². The lowest BCUT2D eigenvalue weighted by atomic mass is 10.2. The second kappa shape index (κ2) is 7.09. The predicted molar refractivity (Wildman–Crippen MR) is 76.5 cm³/mol. The van der Waals surface area contributed by atoms with Gasteiger partial charge in [0.05, 0.1) is 11.5 Å². The number of amides is 1. The van der Waals surface area contributed by atoms with Gasteiger partial charge in [-0.2, -0.15) is 0 Å². The van der Waals surface area contributed by atoms with Gasteiger partial charge in [0.1, 0.15) is 6.54 Å². The molecule has 1 heterocycles. The lowest BCUT2D eigenvalue weighted by Gasteiger charge is -2.19. The number of nitrogens with zero attached hydrogens (tertiary/aromatic N) is 1. The molecule has 0 saturated heterocycles. The van der Waals surface area contributed by atoms with Gasteiger partial charge in [-0.15, -0.1) is 17.9 Å². The molecule has 0 atom stereocenters. The van der Waals surface area contributed by atoms with Crippen molar-refractivity contribution in [2.24, 2.45) is 0 Å². The molecule has 0 aromatic carbocycles. The normalized spacial score (nSPS) is 10.1. The number of esters is 1. The Balaban J connectivity index is 2.83. The minimum absolute atomic E-state index is 0.0469. The van der Waals surface area contributed by atoms with Gasteiger partial charge >= 0.3 is 5.97 Å². The molecule has 0 unspecified atom stereocenters. The third-order valence-electron chi connectivity index (χ3n) is 2.64. The molecule has 5 heteroatoms. The Hall–Kier alpha value is -1.62. The first-order valence-electron chi connectivity index (χ1n) is 6.12. The highest BCUT2D eigenvalue weighted by molar-refractivity contribution is 7.14. The van der Waals surface area contributed by atoms with Crippen LogP contribution in [0.1, 0.15) is 27.0 Å². The van der Waals surface area contributed by atoms with E-state index in [0.29, 0.717) is 18.0 Å². The smallest absolute Gasteiger partial charge is 0.325 e. The monoisotopic (exact) mass is 281 g/mol. The van der Waals surface area contributed by atoms with E-state index < -0.39 is 5.97 Å². The Morgan fingerprint density at radius 1 is 1.47 bits per heavy atom. The van der Waals surface area contributed by atoms with Crippen molar-refractivity contribution < 1.29 is 14.3 Å². The number of ether oxygens (including phenoxy) is 1. The van der Waals surface area contributed by atoms with Gasteiger partial charge in [0.2, 0.25) is 0 Å². The number of hydrogen-bond acceptors (Lipinski definition) is 4. The highest BCUT2D eigenvalue weighted by Gasteiger charge is 2.20. The Morgan fingerprint density at radius 2 is 2.16 bits per heavy atom.